The fourth-order valence-electron chi connectivity index (χ4n) is 7.04. The molecule has 1 aromatic heterocycles. The highest BCUT2D eigenvalue weighted by atomic mass is 35.5. The van der Waals surface area contributed by atoms with Crippen LogP contribution in [0.1, 0.15) is 68.4 Å². The maximum atomic E-state index is 15.1. The third-order valence-corrected chi connectivity index (χ3v) is 11.6. The molecule has 2 bridgehead atoms. The number of pyridine rings is 1. The van der Waals surface area contributed by atoms with Crippen LogP contribution in [0.25, 0.3) is 0 Å². The first kappa shape index (κ1) is 31.3. The molecule has 1 amide bonds. The number of hydrogen-bond donors (Lipinski definition) is 2. The first-order valence-corrected chi connectivity index (χ1v) is 17.1. The summed E-state index contributed by atoms with van der Waals surface area (Å²) in [5.41, 5.74) is 1.78. The Balaban J connectivity index is 1.28. The Bertz CT molecular complexity index is 1320. The highest BCUT2D eigenvalue weighted by molar-refractivity contribution is 7.89. The molecule has 230 valence electrons. The minimum absolute atomic E-state index is 0.00484. The molecule has 1 unspecified atom stereocenters. The Morgan fingerprint density at radius 1 is 1.19 bits per heavy atom. The van der Waals surface area contributed by atoms with Crippen LogP contribution in [0.5, 0.6) is 0 Å². The second-order valence-corrected chi connectivity index (χ2v) is 14.6. The number of methoxy groups -OCH3 is 1. The number of carbonyl (C=O) groups excluding carboxylic acids is 1. The van der Waals surface area contributed by atoms with Gasteiger partial charge in [-0.1, -0.05) is 23.7 Å². The van der Waals surface area contributed by atoms with E-state index in [1.165, 1.54) is 6.20 Å². The van der Waals surface area contributed by atoms with Crippen LogP contribution in [-0.2, 0) is 26.0 Å². The number of sulfonamides is 1. The molecule has 1 saturated carbocycles. The van der Waals surface area contributed by atoms with Crippen LogP contribution >= 0.6 is 11.6 Å². The van der Waals surface area contributed by atoms with Crippen LogP contribution in [0.15, 0.2) is 36.7 Å². The van der Waals surface area contributed by atoms with Gasteiger partial charge in [0.2, 0.25) is 15.9 Å². The van der Waals surface area contributed by atoms with E-state index < -0.39 is 15.8 Å². The number of carbonyl (C=O) groups is 1. The Labute approximate surface area is 253 Å². The minimum Gasteiger partial charge on any atom is -0.384 e. The summed E-state index contributed by atoms with van der Waals surface area (Å²) in [6, 6.07) is 7.62. The molecule has 1 aromatic carbocycles. The van der Waals surface area contributed by atoms with E-state index in [9.17, 15) is 13.2 Å². The number of anilines is 1. The molecule has 2 N–H and O–H groups in total. The first-order valence-electron chi connectivity index (χ1n) is 15.1. The van der Waals surface area contributed by atoms with E-state index >= 15 is 4.39 Å². The van der Waals surface area contributed by atoms with Gasteiger partial charge in [0.25, 0.3) is 0 Å². The van der Waals surface area contributed by atoms with Gasteiger partial charge in [0.1, 0.15) is 5.82 Å². The monoisotopic (exact) mass is 620 g/mol. The van der Waals surface area contributed by atoms with Gasteiger partial charge >= 0.3 is 0 Å². The molecule has 5 rings (SSSR count). The largest absolute Gasteiger partial charge is 0.384 e. The Morgan fingerprint density at radius 2 is 1.95 bits per heavy atom. The van der Waals surface area contributed by atoms with Crippen molar-refractivity contribution in [2.75, 3.05) is 37.9 Å². The van der Waals surface area contributed by atoms with Crippen molar-refractivity contribution in [1.29, 1.82) is 0 Å². The van der Waals surface area contributed by atoms with Gasteiger partial charge in [-0.05, 0) is 86.8 Å². The van der Waals surface area contributed by atoms with Crippen LogP contribution in [0.4, 0.5) is 10.1 Å². The number of halogens is 2. The van der Waals surface area contributed by atoms with Crippen LogP contribution < -0.4 is 10.6 Å². The van der Waals surface area contributed by atoms with Crippen molar-refractivity contribution in [3.05, 3.63) is 58.6 Å². The third-order valence-electron chi connectivity index (χ3n) is 9.33. The molecular formula is C31H42ClFN4O4S. The number of piperazine rings is 1. The summed E-state index contributed by atoms with van der Waals surface area (Å²) in [5.74, 6) is 0.342. The van der Waals surface area contributed by atoms with Crippen molar-refractivity contribution in [2.24, 2.45) is 11.8 Å². The molecule has 11 heteroatoms. The summed E-state index contributed by atoms with van der Waals surface area (Å²) in [7, 11) is -1.61. The summed E-state index contributed by atoms with van der Waals surface area (Å²) >= 11 is 6.16. The lowest BCUT2D eigenvalue weighted by Crippen LogP contribution is -2.57. The first-order chi connectivity index (χ1) is 20.2. The van der Waals surface area contributed by atoms with E-state index in [1.807, 2.05) is 24.3 Å². The maximum Gasteiger partial charge on any atom is 0.225 e. The summed E-state index contributed by atoms with van der Waals surface area (Å²) in [4.78, 5) is 17.5. The standard InChI is InChI=1S/C31H42ClFN4O4S/c1-41-20-21-4-6-22(7-5-21)28(23-8-10-24(32)11-9-23)15-31(38)36-30-18-34-17-29(33)27(30)13-12-26-16-35-25-3-2-14-42(39,40)37(26)19-25/h8-11,17-18,21-22,25-26,28,35H,2-7,12-16,19-20H2,1H3,(H,36,38)/t21?,22?,25-,26+,28-/m1/s1. The van der Waals surface area contributed by atoms with E-state index in [-0.39, 0.29) is 42.5 Å². The summed E-state index contributed by atoms with van der Waals surface area (Å²) in [6.07, 6.45) is 9.26. The van der Waals surface area contributed by atoms with Crippen molar-refractivity contribution in [3.8, 4) is 0 Å². The molecule has 42 heavy (non-hydrogen) atoms. The molecule has 4 atom stereocenters. The zero-order valence-corrected chi connectivity index (χ0v) is 25.8. The highest BCUT2D eigenvalue weighted by Crippen LogP contribution is 2.41. The molecule has 0 radical (unpaired) electrons. The quantitative estimate of drug-likeness (QED) is 0.382. The zero-order valence-electron chi connectivity index (χ0n) is 24.2. The van der Waals surface area contributed by atoms with Crippen molar-refractivity contribution >= 4 is 33.2 Å². The fraction of sp³-hybridized carbons (Fsp3) is 0.613. The van der Waals surface area contributed by atoms with E-state index in [0.717, 1.165) is 50.5 Å². The number of aromatic nitrogens is 1. The molecule has 8 nitrogen and oxygen atoms in total. The van der Waals surface area contributed by atoms with E-state index in [2.05, 4.69) is 15.6 Å². The lowest BCUT2D eigenvalue weighted by atomic mass is 9.72. The summed E-state index contributed by atoms with van der Waals surface area (Å²) in [6.45, 7) is 1.75. The van der Waals surface area contributed by atoms with Crippen LogP contribution in [0.2, 0.25) is 5.02 Å². The minimum atomic E-state index is -3.34. The van der Waals surface area contributed by atoms with E-state index in [1.54, 1.807) is 11.4 Å². The predicted molar refractivity (Wildman–Crippen MR) is 163 cm³/mol. The number of rotatable bonds is 10. The fourth-order valence-corrected chi connectivity index (χ4v) is 8.97. The molecule has 1 aliphatic carbocycles. The smallest absolute Gasteiger partial charge is 0.225 e. The second kappa shape index (κ2) is 14.1. The van der Waals surface area contributed by atoms with Crippen LogP contribution in [0, 0.1) is 17.7 Å². The summed E-state index contributed by atoms with van der Waals surface area (Å²) in [5, 5.41) is 7.06. The molecule has 0 spiro atoms. The normalized spacial score (nSPS) is 28.0. The lowest BCUT2D eigenvalue weighted by molar-refractivity contribution is -0.117. The van der Waals surface area contributed by atoms with Crippen molar-refractivity contribution in [2.45, 2.75) is 75.8 Å². The predicted octanol–water partition coefficient (Wildman–Crippen LogP) is 5.14. The molecule has 2 aromatic rings. The number of nitrogens with one attached hydrogen (secondary N) is 2. The Morgan fingerprint density at radius 3 is 2.69 bits per heavy atom. The van der Waals surface area contributed by atoms with Gasteiger partial charge in [0.05, 0.1) is 23.8 Å². The van der Waals surface area contributed by atoms with Gasteiger partial charge < -0.3 is 15.4 Å². The number of hydrogen-bond acceptors (Lipinski definition) is 6. The molecular weight excluding hydrogens is 579 g/mol. The van der Waals surface area contributed by atoms with Gasteiger partial charge in [0.15, 0.2) is 0 Å². The van der Waals surface area contributed by atoms with Crippen molar-refractivity contribution in [1.82, 2.24) is 14.6 Å². The van der Waals surface area contributed by atoms with Crippen LogP contribution in [-0.4, -0.2) is 68.3 Å². The lowest BCUT2D eigenvalue weighted by Gasteiger charge is -2.37. The molecule has 2 aliphatic heterocycles. The van der Waals surface area contributed by atoms with Gasteiger partial charge in [-0.2, -0.15) is 4.31 Å². The Kier molecular flexibility index (Phi) is 10.5. The molecule has 3 aliphatic rings. The number of nitrogens with zero attached hydrogens (tertiary/aromatic N) is 2. The van der Waals surface area contributed by atoms with Crippen LogP contribution in [0.3, 0.4) is 0 Å². The number of benzene rings is 1. The molecule has 2 saturated heterocycles. The average Bonchev–Trinajstić information content (AvgIpc) is 3.08. The highest BCUT2D eigenvalue weighted by Gasteiger charge is 2.38. The average molecular weight is 621 g/mol. The number of ether oxygens (including phenoxy) is 1. The van der Waals surface area contributed by atoms with Gasteiger partial charge in [-0.3, -0.25) is 9.78 Å². The zero-order chi connectivity index (χ0) is 29.7. The number of amides is 1. The molecule has 3 fully saturated rings. The Hall–Kier alpha value is -2.11. The second-order valence-electron chi connectivity index (χ2n) is 12.1. The van der Waals surface area contributed by atoms with Gasteiger partial charge in [0, 0.05) is 55.9 Å². The number of fused-ring (bicyclic) bond motifs is 2. The van der Waals surface area contributed by atoms with E-state index in [4.69, 9.17) is 16.3 Å². The van der Waals surface area contributed by atoms with Crippen molar-refractivity contribution in [3.63, 3.8) is 0 Å². The summed E-state index contributed by atoms with van der Waals surface area (Å²) < 4.78 is 47.8. The van der Waals surface area contributed by atoms with Crippen molar-refractivity contribution < 1.29 is 22.3 Å². The topological polar surface area (TPSA) is 101 Å². The van der Waals surface area contributed by atoms with Gasteiger partial charge in [-0.15, -0.1) is 0 Å². The van der Waals surface area contributed by atoms with Gasteiger partial charge in [-0.25, -0.2) is 12.8 Å². The SMILES string of the molecule is COCC1CCC([C@@H](CC(=O)Nc2cncc(F)c2CC[C@H]2CN[C@@H]3CCCS(=O)(=O)N2C3)c2ccc(Cl)cc2)CC1. The third kappa shape index (κ3) is 7.69. The molecule has 3 heterocycles. The van der Waals surface area contributed by atoms with E-state index in [0.29, 0.717) is 54.0 Å². The maximum absolute atomic E-state index is 15.1.